The molecule has 1 N–H and O–H groups in total. The number of rotatable bonds is 6. The van der Waals surface area contributed by atoms with Crippen molar-refractivity contribution < 1.29 is 4.79 Å². The zero-order valence-corrected chi connectivity index (χ0v) is 16.2. The van der Waals surface area contributed by atoms with Crippen molar-refractivity contribution in [3.63, 3.8) is 0 Å². The number of nitrogens with one attached hydrogen (secondary N) is 1. The number of anilines is 1. The van der Waals surface area contributed by atoms with Crippen LogP contribution in [0.25, 0.3) is 11.8 Å². The van der Waals surface area contributed by atoms with Crippen LogP contribution in [0.1, 0.15) is 5.56 Å². The highest BCUT2D eigenvalue weighted by molar-refractivity contribution is 8.01. The second kappa shape index (κ2) is 8.64. The van der Waals surface area contributed by atoms with Gasteiger partial charge in [-0.25, -0.2) is 4.68 Å². The summed E-state index contributed by atoms with van der Waals surface area (Å²) in [4.78, 5) is 13.2. The van der Waals surface area contributed by atoms with E-state index in [4.69, 9.17) is 0 Å². The third kappa shape index (κ3) is 4.73. The van der Waals surface area contributed by atoms with Gasteiger partial charge in [-0.3, -0.25) is 4.79 Å². The first-order valence-corrected chi connectivity index (χ1v) is 10.1. The van der Waals surface area contributed by atoms with E-state index < -0.39 is 0 Å². The van der Waals surface area contributed by atoms with Crippen LogP contribution in [0.4, 0.5) is 5.69 Å². The Morgan fingerprint density at radius 1 is 1.11 bits per heavy atom. The van der Waals surface area contributed by atoms with Crippen molar-refractivity contribution in [1.29, 1.82) is 0 Å². The standard InChI is InChI=1S/C20H15N5OS2/c26-19(11-6-15-12-22-25(13-15)17-4-2-1-3-5-17)23-16-7-9-18(10-8-16)28-20-24-21-14-27-20/h1-14H,(H,23,26). The van der Waals surface area contributed by atoms with Crippen LogP contribution in [0.2, 0.25) is 0 Å². The molecule has 4 rings (SSSR count). The molecule has 0 radical (unpaired) electrons. The quantitative estimate of drug-likeness (QED) is 0.477. The molecule has 0 aliphatic heterocycles. The van der Waals surface area contributed by atoms with Crippen molar-refractivity contribution in [1.82, 2.24) is 20.0 Å². The van der Waals surface area contributed by atoms with Gasteiger partial charge in [0, 0.05) is 28.4 Å². The van der Waals surface area contributed by atoms with Gasteiger partial charge in [0.05, 0.1) is 11.9 Å². The predicted octanol–water partition coefficient (Wildman–Crippen LogP) is 4.53. The maximum absolute atomic E-state index is 12.2. The zero-order valence-electron chi connectivity index (χ0n) is 14.6. The molecule has 2 aromatic heterocycles. The van der Waals surface area contributed by atoms with E-state index in [0.717, 1.165) is 26.2 Å². The van der Waals surface area contributed by atoms with Crippen LogP contribution >= 0.6 is 23.1 Å². The third-order valence-electron chi connectivity index (χ3n) is 3.72. The Balaban J connectivity index is 1.34. The molecule has 6 nitrogen and oxygen atoms in total. The minimum absolute atomic E-state index is 0.197. The molecule has 0 fully saturated rings. The molecule has 1 amide bonds. The first-order valence-electron chi connectivity index (χ1n) is 8.39. The van der Waals surface area contributed by atoms with Crippen molar-refractivity contribution in [3.05, 3.63) is 84.1 Å². The Kier molecular flexibility index (Phi) is 5.60. The average molecular weight is 406 g/mol. The molecule has 0 unspecified atom stereocenters. The molecule has 0 bridgehead atoms. The third-order valence-corrected chi connectivity index (χ3v) is 5.50. The van der Waals surface area contributed by atoms with Gasteiger partial charge in [-0.1, -0.05) is 41.3 Å². The highest BCUT2D eigenvalue weighted by Crippen LogP contribution is 2.29. The van der Waals surface area contributed by atoms with E-state index in [1.165, 1.54) is 29.2 Å². The summed E-state index contributed by atoms with van der Waals surface area (Å²) < 4.78 is 2.65. The largest absolute Gasteiger partial charge is 0.323 e. The second-order valence-electron chi connectivity index (χ2n) is 5.71. The first kappa shape index (κ1) is 18.1. The Morgan fingerprint density at radius 2 is 1.93 bits per heavy atom. The number of amides is 1. The fraction of sp³-hybridized carbons (Fsp3) is 0. The number of carbonyl (C=O) groups excluding carboxylic acids is 1. The molecule has 8 heteroatoms. The van der Waals surface area contributed by atoms with E-state index in [9.17, 15) is 4.79 Å². The summed E-state index contributed by atoms with van der Waals surface area (Å²) in [6.45, 7) is 0. The smallest absolute Gasteiger partial charge is 0.248 e. The van der Waals surface area contributed by atoms with Gasteiger partial charge in [0.25, 0.3) is 0 Å². The Labute approximate surface area is 169 Å². The zero-order chi connectivity index (χ0) is 19.2. The summed E-state index contributed by atoms with van der Waals surface area (Å²) in [6.07, 6.45) is 6.83. The first-order chi connectivity index (χ1) is 13.8. The van der Waals surface area contributed by atoms with Crippen LogP contribution in [-0.2, 0) is 4.79 Å². The number of aromatic nitrogens is 4. The summed E-state index contributed by atoms with van der Waals surface area (Å²) in [5.74, 6) is -0.197. The van der Waals surface area contributed by atoms with E-state index in [1.807, 2.05) is 60.8 Å². The topological polar surface area (TPSA) is 72.7 Å². The number of para-hydroxylation sites is 1. The van der Waals surface area contributed by atoms with Gasteiger partial charge in [0.1, 0.15) is 5.51 Å². The van der Waals surface area contributed by atoms with Crippen LogP contribution < -0.4 is 5.32 Å². The van der Waals surface area contributed by atoms with Crippen LogP contribution in [0, 0.1) is 0 Å². The second-order valence-corrected chi connectivity index (χ2v) is 7.86. The minimum atomic E-state index is -0.197. The number of carbonyl (C=O) groups is 1. The van der Waals surface area contributed by atoms with Crippen LogP contribution in [0.3, 0.4) is 0 Å². The average Bonchev–Trinajstić information content (AvgIpc) is 3.41. The summed E-state index contributed by atoms with van der Waals surface area (Å²) in [5, 5.41) is 15.0. The van der Waals surface area contributed by atoms with E-state index >= 15 is 0 Å². The maximum Gasteiger partial charge on any atom is 0.248 e. The molecule has 2 heterocycles. The molecule has 0 spiro atoms. The van der Waals surface area contributed by atoms with Gasteiger partial charge >= 0.3 is 0 Å². The van der Waals surface area contributed by atoms with E-state index in [1.54, 1.807) is 22.5 Å². The summed E-state index contributed by atoms with van der Waals surface area (Å²) >= 11 is 3.03. The Hall–Kier alpha value is -3.23. The van der Waals surface area contributed by atoms with Crippen molar-refractivity contribution in [2.75, 3.05) is 5.32 Å². The lowest BCUT2D eigenvalue weighted by Gasteiger charge is -2.03. The molecular formula is C20H15N5OS2. The van der Waals surface area contributed by atoms with Gasteiger partial charge in [-0.2, -0.15) is 5.10 Å². The molecule has 2 aromatic carbocycles. The molecule has 138 valence electrons. The monoisotopic (exact) mass is 405 g/mol. The van der Waals surface area contributed by atoms with Gasteiger partial charge in [0.15, 0.2) is 4.34 Å². The van der Waals surface area contributed by atoms with Crippen LogP contribution in [0.5, 0.6) is 0 Å². The lowest BCUT2D eigenvalue weighted by Crippen LogP contribution is -2.07. The van der Waals surface area contributed by atoms with E-state index in [-0.39, 0.29) is 5.91 Å². The molecule has 0 aliphatic rings. The summed E-state index contributed by atoms with van der Waals surface area (Å²) in [6, 6.07) is 17.4. The van der Waals surface area contributed by atoms with Crippen LogP contribution in [-0.4, -0.2) is 25.9 Å². The number of hydrogen-bond donors (Lipinski definition) is 1. The maximum atomic E-state index is 12.2. The molecule has 0 aliphatic carbocycles. The summed E-state index contributed by atoms with van der Waals surface area (Å²) in [5.41, 5.74) is 4.25. The SMILES string of the molecule is O=C(C=Cc1cnn(-c2ccccc2)c1)Nc1ccc(Sc2nncs2)cc1. The van der Waals surface area contributed by atoms with Gasteiger partial charge in [-0.15, -0.1) is 10.2 Å². The Bertz CT molecular complexity index is 1070. The molecule has 0 saturated carbocycles. The normalized spacial score (nSPS) is 11.0. The highest BCUT2D eigenvalue weighted by Gasteiger charge is 2.03. The lowest BCUT2D eigenvalue weighted by atomic mass is 10.3. The fourth-order valence-electron chi connectivity index (χ4n) is 2.42. The van der Waals surface area contributed by atoms with Gasteiger partial charge in [0.2, 0.25) is 5.91 Å². The number of hydrogen-bond acceptors (Lipinski definition) is 6. The van der Waals surface area contributed by atoms with Crippen LogP contribution in [0.15, 0.2) is 87.8 Å². The van der Waals surface area contributed by atoms with Crippen molar-refractivity contribution in [3.8, 4) is 5.69 Å². The highest BCUT2D eigenvalue weighted by atomic mass is 32.2. The Morgan fingerprint density at radius 3 is 2.68 bits per heavy atom. The van der Waals surface area contributed by atoms with E-state index in [2.05, 4.69) is 20.6 Å². The predicted molar refractivity (Wildman–Crippen MR) is 112 cm³/mol. The van der Waals surface area contributed by atoms with Crippen molar-refractivity contribution in [2.24, 2.45) is 0 Å². The van der Waals surface area contributed by atoms with Crippen molar-refractivity contribution >= 4 is 40.8 Å². The van der Waals surface area contributed by atoms with E-state index in [0.29, 0.717) is 0 Å². The van der Waals surface area contributed by atoms with Gasteiger partial charge in [-0.05, 0) is 42.5 Å². The van der Waals surface area contributed by atoms with Crippen molar-refractivity contribution in [2.45, 2.75) is 9.24 Å². The summed E-state index contributed by atoms with van der Waals surface area (Å²) in [7, 11) is 0. The number of benzene rings is 2. The van der Waals surface area contributed by atoms with Gasteiger partial charge < -0.3 is 5.32 Å². The molecular weight excluding hydrogens is 390 g/mol. The molecule has 28 heavy (non-hydrogen) atoms. The molecule has 4 aromatic rings. The molecule has 0 atom stereocenters. The lowest BCUT2D eigenvalue weighted by molar-refractivity contribution is -0.111. The minimum Gasteiger partial charge on any atom is -0.323 e. The number of nitrogens with zero attached hydrogens (tertiary/aromatic N) is 4. The molecule has 0 saturated heterocycles. The fourth-order valence-corrected chi connectivity index (χ4v) is 3.87.